The molecule has 0 bridgehead atoms. The molecule has 0 saturated heterocycles. The van der Waals surface area contributed by atoms with Crippen molar-refractivity contribution in [2.75, 3.05) is 11.1 Å². The summed E-state index contributed by atoms with van der Waals surface area (Å²) >= 11 is 6.67. The zero-order chi connectivity index (χ0) is 11.3. The van der Waals surface area contributed by atoms with Gasteiger partial charge in [0.1, 0.15) is 0 Å². The molecule has 0 aliphatic carbocycles. The molecule has 15 heavy (non-hydrogen) atoms. The van der Waals surface area contributed by atoms with Gasteiger partial charge in [0.2, 0.25) is 5.91 Å². The minimum Gasteiger partial charge on any atom is -0.379 e. The number of benzene rings is 1. The molecule has 4 nitrogen and oxygen atoms in total. The molecule has 0 saturated carbocycles. The molecule has 1 amide bonds. The van der Waals surface area contributed by atoms with Gasteiger partial charge in [-0.05, 0) is 24.3 Å². The molecule has 1 aromatic rings. The zero-order valence-electron chi connectivity index (χ0n) is 7.79. The molecule has 4 N–H and O–H groups in total. The number of amides is 1. The van der Waals surface area contributed by atoms with Crippen molar-refractivity contribution in [3.8, 4) is 0 Å². The van der Waals surface area contributed by atoms with Crippen LogP contribution in [0.25, 0.3) is 0 Å². The third-order valence-corrected chi connectivity index (χ3v) is 2.46. The van der Waals surface area contributed by atoms with Crippen molar-refractivity contribution in [2.24, 2.45) is 5.73 Å². The Kier molecular flexibility index (Phi) is 4.45. The van der Waals surface area contributed by atoms with Gasteiger partial charge < -0.3 is 11.1 Å². The van der Waals surface area contributed by atoms with Crippen molar-refractivity contribution >= 4 is 40.1 Å². The smallest absolute Gasteiger partial charge is 0.234 e. The molecule has 0 unspecified atom stereocenters. The number of rotatable bonds is 3. The van der Waals surface area contributed by atoms with Crippen LogP contribution < -0.4 is 11.1 Å². The quantitative estimate of drug-likeness (QED) is 0.560. The van der Waals surface area contributed by atoms with Crippen LogP contribution in [-0.4, -0.2) is 16.8 Å². The van der Waals surface area contributed by atoms with Crippen LogP contribution in [0.4, 0.5) is 5.69 Å². The van der Waals surface area contributed by atoms with Gasteiger partial charge >= 0.3 is 0 Å². The summed E-state index contributed by atoms with van der Waals surface area (Å²) in [6.45, 7) is 0. The molecule has 6 heteroatoms. The molecule has 0 aliphatic heterocycles. The maximum absolute atomic E-state index is 11.3. The number of anilines is 1. The Morgan fingerprint density at radius 3 is 2.60 bits per heavy atom. The SMILES string of the molecule is N=C(N)SCC(=O)Nc1ccc(Cl)cc1. The molecule has 0 aromatic heterocycles. The van der Waals surface area contributed by atoms with Gasteiger partial charge in [-0.3, -0.25) is 10.2 Å². The lowest BCUT2D eigenvalue weighted by atomic mass is 10.3. The number of nitrogens with one attached hydrogen (secondary N) is 2. The summed E-state index contributed by atoms with van der Waals surface area (Å²) < 4.78 is 0. The molecule has 0 fully saturated rings. The topological polar surface area (TPSA) is 79.0 Å². The fourth-order valence-corrected chi connectivity index (χ4v) is 1.36. The van der Waals surface area contributed by atoms with Crippen molar-refractivity contribution in [3.05, 3.63) is 29.3 Å². The van der Waals surface area contributed by atoms with E-state index in [0.717, 1.165) is 11.8 Å². The second-order valence-electron chi connectivity index (χ2n) is 2.71. The summed E-state index contributed by atoms with van der Waals surface area (Å²) in [4.78, 5) is 11.3. The average molecular weight is 244 g/mol. The van der Waals surface area contributed by atoms with Gasteiger partial charge in [-0.2, -0.15) is 0 Å². The van der Waals surface area contributed by atoms with Gasteiger partial charge in [0.15, 0.2) is 5.17 Å². The zero-order valence-corrected chi connectivity index (χ0v) is 9.36. The first-order valence-electron chi connectivity index (χ1n) is 4.10. The number of hydrogen-bond donors (Lipinski definition) is 3. The van der Waals surface area contributed by atoms with E-state index in [4.69, 9.17) is 22.7 Å². The van der Waals surface area contributed by atoms with Gasteiger partial charge in [-0.1, -0.05) is 23.4 Å². The van der Waals surface area contributed by atoms with Gasteiger partial charge in [-0.25, -0.2) is 0 Å². The highest BCUT2D eigenvalue weighted by Gasteiger charge is 2.03. The minimum atomic E-state index is -0.197. The number of nitrogens with two attached hydrogens (primary N) is 1. The normalized spacial score (nSPS) is 9.67. The van der Waals surface area contributed by atoms with Crippen molar-refractivity contribution in [1.29, 1.82) is 5.41 Å². The Bertz CT molecular complexity index is 366. The standard InChI is InChI=1S/C9H10ClN3OS/c10-6-1-3-7(4-2-6)13-8(14)5-15-9(11)12/h1-4H,5H2,(H3,11,12)(H,13,14). The number of thioether (sulfide) groups is 1. The number of carbonyl (C=O) groups is 1. The monoisotopic (exact) mass is 243 g/mol. The van der Waals surface area contributed by atoms with Crippen molar-refractivity contribution < 1.29 is 4.79 Å². The number of halogens is 1. The lowest BCUT2D eigenvalue weighted by Gasteiger charge is -2.04. The molecule has 0 radical (unpaired) electrons. The van der Waals surface area contributed by atoms with Gasteiger partial charge in [0.25, 0.3) is 0 Å². The number of amidine groups is 1. The van der Waals surface area contributed by atoms with Crippen LogP contribution in [0.3, 0.4) is 0 Å². The summed E-state index contributed by atoms with van der Waals surface area (Å²) in [7, 11) is 0. The fourth-order valence-electron chi connectivity index (χ4n) is 0.874. The highest BCUT2D eigenvalue weighted by Crippen LogP contribution is 2.13. The van der Waals surface area contributed by atoms with Crippen LogP contribution in [0.15, 0.2) is 24.3 Å². The highest BCUT2D eigenvalue weighted by atomic mass is 35.5. The van der Waals surface area contributed by atoms with Crippen LogP contribution in [-0.2, 0) is 4.79 Å². The van der Waals surface area contributed by atoms with Crippen LogP contribution in [0, 0.1) is 5.41 Å². The predicted molar refractivity (Wildman–Crippen MR) is 64.5 cm³/mol. The van der Waals surface area contributed by atoms with E-state index in [1.165, 1.54) is 0 Å². The Morgan fingerprint density at radius 2 is 2.07 bits per heavy atom. The van der Waals surface area contributed by atoms with Gasteiger partial charge in [-0.15, -0.1) is 0 Å². The summed E-state index contributed by atoms with van der Waals surface area (Å²) in [5, 5.41) is 10.1. The summed E-state index contributed by atoms with van der Waals surface area (Å²) in [6.07, 6.45) is 0. The molecule has 0 spiro atoms. The molecular formula is C9H10ClN3OS. The maximum atomic E-state index is 11.3. The summed E-state index contributed by atoms with van der Waals surface area (Å²) in [6, 6.07) is 6.79. The summed E-state index contributed by atoms with van der Waals surface area (Å²) in [5.74, 6) is -0.0599. The van der Waals surface area contributed by atoms with E-state index in [0.29, 0.717) is 10.7 Å². The molecule has 1 rings (SSSR count). The molecule has 80 valence electrons. The third-order valence-electron chi connectivity index (χ3n) is 1.49. The second kappa shape index (κ2) is 5.63. The van der Waals surface area contributed by atoms with E-state index in [2.05, 4.69) is 5.32 Å². The number of carbonyl (C=O) groups excluding carboxylic acids is 1. The Balaban J connectivity index is 2.44. The van der Waals surface area contributed by atoms with E-state index < -0.39 is 0 Å². The first-order valence-corrected chi connectivity index (χ1v) is 5.46. The lowest BCUT2D eigenvalue weighted by Crippen LogP contribution is -2.17. The second-order valence-corrected chi connectivity index (χ2v) is 4.16. The largest absolute Gasteiger partial charge is 0.379 e. The van der Waals surface area contributed by atoms with Crippen LogP contribution >= 0.6 is 23.4 Å². The van der Waals surface area contributed by atoms with Crippen LogP contribution in [0.1, 0.15) is 0 Å². The molecule has 1 aromatic carbocycles. The van der Waals surface area contributed by atoms with E-state index in [9.17, 15) is 4.79 Å². The lowest BCUT2D eigenvalue weighted by molar-refractivity contribution is -0.113. The molecule has 0 atom stereocenters. The van der Waals surface area contributed by atoms with Crippen LogP contribution in [0.2, 0.25) is 5.02 Å². The molecular weight excluding hydrogens is 234 g/mol. The Hall–Kier alpha value is -1.20. The first-order chi connectivity index (χ1) is 7.08. The minimum absolute atomic E-state index is 0.0683. The van der Waals surface area contributed by atoms with E-state index in [-0.39, 0.29) is 16.8 Å². The van der Waals surface area contributed by atoms with Gasteiger partial charge in [0.05, 0.1) is 5.75 Å². The Morgan fingerprint density at radius 1 is 1.47 bits per heavy atom. The van der Waals surface area contributed by atoms with E-state index in [1.54, 1.807) is 24.3 Å². The molecule has 0 heterocycles. The van der Waals surface area contributed by atoms with E-state index in [1.807, 2.05) is 0 Å². The molecule has 0 aliphatic rings. The third kappa shape index (κ3) is 4.71. The number of hydrogen-bond acceptors (Lipinski definition) is 3. The average Bonchev–Trinajstić information content (AvgIpc) is 2.19. The summed E-state index contributed by atoms with van der Waals surface area (Å²) in [5.41, 5.74) is 5.78. The maximum Gasteiger partial charge on any atom is 0.234 e. The van der Waals surface area contributed by atoms with Crippen molar-refractivity contribution in [1.82, 2.24) is 0 Å². The fraction of sp³-hybridized carbons (Fsp3) is 0.111. The first kappa shape index (κ1) is 11.9. The van der Waals surface area contributed by atoms with Crippen molar-refractivity contribution in [3.63, 3.8) is 0 Å². The van der Waals surface area contributed by atoms with Crippen LogP contribution in [0.5, 0.6) is 0 Å². The highest BCUT2D eigenvalue weighted by molar-refractivity contribution is 8.14. The Labute approximate surface area is 96.7 Å². The van der Waals surface area contributed by atoms with Gasteiger partial charge in [0, 0.05) is 10.7 Å². The predicted octanol–water partition coefficient (Wildman–Crippen LogP) is 1.91. The van der Waals surface area contributed by atoms with E-state index >= 15 is 0 Å². The van der Waals surface area contributed by atoms with Crippen molar-refractivity contribution in [2.45, 2.75) is 0 Å².